The average Bonchev–Trinajstić information content (AvgIpc) is 3.31. The van der Waals surface area contributed by atoms with Crippen LogP contribution in [0.3, 0.4) is 0 Å². The van der Waals surface area contributed by atoms with Gasteiger partial charge in [0.25, 0.3) is 11.1 Å². The summed E-state index contributed by atoms with van der Waals surface area (Å²) in [6, 6.07) is 8.01. The molecule has 3 aromatic rings. The van der Waals surface area contributed by atoms with Gasteiger partial charge in [-0.15, -0.1) is 10.2 Å². The summed E-state index contributed by atoms with van der Waals surface area (Å²) >= 11 is 1.32. The van der Waals surface area contributed by atoms with Gasteiger partial charge in [-0.25, -0.2) is 0 Å². The Morgan fingerprint density at radius 1 is 1.14 bits per heavy atom. The monoisotopic (exact) mass is 408 g/mol. The second-order valence-corrected chi connectivity index (χ2v) is 10.1. The number of benzene rings is 1. The molecule has 0 saturated heterocycles. The van der Waals surface area contributed by atoms with Gasteiger partial charge in [-0.2, -0.15) is 0 Å². The lowest BCUT2D eigenvalue weighted by Crippen LogP contribution is -2.60. The lowest BCUT2D eigenvalue weighted by Gasteiger charge is -2.56. The van der Waals surface area contributed by atoms with E-state index >= 15 is 0 Å². The first kappa shape index (κ1) is 17.6. The van der Waals surface area contributed by atoms with Gasteiger partial charge >= 0.3 is 0 Å². The van der Waals surface area contributed by atoms with Crippen LogP contribution in [0.5, 0.6) is 0 Å². The Balaban J connectivity index is 1.11. The van der Waals surface area contributed by atoms with Crippen LogP contribution in [0.1, 0.15) is 38.5 Å². The predicted octanol–water partition coefficient (Wildman–Crippen LogP) is 4.40. The van der Waals surface area contributed by atoms with E-state index in [1.165, 1.54) is 50.3 Å². The highest BCUT2D eigenvalue weighted by molar-refractivity contribution is 7.99. The van der Waals surface area contributed by atoms with Crippen LogP contribution in [0.4, 0.5) is 0 Å². The normalized spacial score (nSPS) is 30.1. The zero-order chi connectivity index (χ0) is 19.4. The third-order valence-corrected chi connectivity index (χ3v) is 7.81. The second-order valence-electron chi connectivity index (χ2n) is 9.16. The molecular weight excluding hydrogens is 384 g/mol. The first-order valence-electron chi connectivity index (χ1n) is 10.5. The van der Waals surface area contributed by atoms with Gasteiger partial charge in [0.05, 0.1) is 11.3 Å². The van der Waals surface area contributed by atoms with Gasteiger partial charge in [0, 0.05) is 22.6 Å². The zero-order valence-electron chi connectivity index (χ0n) is 16.2. The summed E-state index contributed by atoms with van der Waals surface area (Å²) in [4.78, 5) is 15.9. The fraction of sp³-hybridized carbons (Fsp3) is 0.500. The summed E-state index contributed by atoms with van der Waals surface area (Å²) in [5, 5.41) is 13.2. The first-order chi connectivity index (χ1) is 14.2. The number of aromatic nitrogens is 3. The van der Waals surface area contributed by atoms with Crippen LogP contribution in [0.25, 0.3) is 22.4 Å². The van der Waals surface area contributed by atoms with Gasteiger partial charge in [0.2, 0.25) is 5.91 Å². The molecule has 0 unspecified atom stereocenters. The number of nitrogens with one attached hydrogen (secondary N) is 2. The Morgan fingerprint density at radius 3 is 2.62 bits per heavy atom. The highest BCUT2D eigenvalue weighted by Gasteiger charge is 2.51. The van der Waals surface area contributed by atoms with Crippen molar-refractivity contribution in [2.75, 3.05) is 5.75 Å². The number of aromatic amines is 1. The van der Waals surface area contributed by atoms with Crippen LogP contribution >= 0.6 is 11.8 Å². The van der Waals surface area contributed by atoms with Gasteiger partial charge in [0.1, 0.15) is 0 Å². The molecule has 4 bridgehead atoms. The van der Waals surface area contributed by atoms with Gasteiger partial charge in [-0.1, -0.05) is 30.0 Å². The molecule has 4 saturated carbocycles. The minimum absolute atomic E-state index is 0.0520. The van der Waals surface area contributed by atoms with Gasteiger partial charge in [-0.3, -0.25) is 4.79 Å². The number of carbonyl (C=O) groups is 1. The second kappa shape index (κ2) is 6.62. The van der Waals surface area contributed by atoms with Crippen molar-refractivity contribution in [2.45, 2.75) is 49.3 Å². The van der Waals surface area contributed by atoms with Gasteiger partial charge in [-0.05, 0) is 62.3 Å². The van der Waals surface area contributed by atoms with Crippen LogP contribution in [0.2, 0.25) is 0 Å². The van der Waals surface area contributed by atoms with Crippen molar-refractivity contribution in [1.82, 2.24) is 20.5 Å². The molecule has 0 spiro atoms. The predicted molar refractivity (Wildman–Crippen MR) is 111 cm³/mol. The van der Waals surface area contributed by atoms with Crippen molar-refractivity contribution < 1.29 is 9.21 Å². The molecule has 0 atom stereocenters. The minimum Gasteiger partial charge on any atom is -0.411 e. The number of thioether (sulfide) groups is 1. The maximum atomic E-state index is 12.7. The van der Waals surface area contributed by atoms with Crippen LogP contribution in [-0.4, -0.2) is 32.4 Å². The van der Waals surface area contributed by atoms with E-state index in [0.717, 1.165) is 34.2 Å². The van der Waals surface area contributed by atoms with Crippen molar-refractivity contribution >= 4 is 28.6 Å². The molecule has 0 aliphatic heterocycles. The Labute approximate surface area is 173 Å². The van der Waals surface area contributed by atoms with Crippen molar-refractivity contribution in [1.29, 1.82) is 0 Å². The smallest absolute Gasteiger partial charge is 0.277 e. The van der Waals surface area contributed by atoms with Crippen molar-refractivity contribution in [3.63, 3.8) is 0 Å². The van der Waals surface area contributed by atoms with Crippen molar-refractivity contribution in [3.8, 4) is 11.5 Å². The number of rotatable bonds is 5. The fourth-order valence-corrected chi connectivity index (χ4v) is 6.91. The third-order valence-electron chi connectivity index (χ3n) is 7.00. The summed E-state index contributed by atoms with van der Waals surface area (Å²) in [6.07, 6.45) is 9.52. The lowest BCUT2D eigenvalue weighted by atomic mass is 9.53. The molecule has 1 amide bonds. The molecule has 6 nitrogen and oxygen atoms in total. The largest absolute Gasteiger partial charge is 0.411 e. The Morgan fingerprint density at radius 2 is 1.86 bits per heavy atom. The quantitative estimate of drug-likeness (QED) is 0.612. The van der Waals surface area contributed by atoms with E-state index < -0.39 is 0 Å². The zero-order valence-corrected chi connectivity index (χ0v) is 17.0. The average molecular weight is 409 g/mol. The third kappa shape index (κ3) is 3.16. The fourth-order valence-electron chi connectivity index (χ4n) is 6.35. The minimum atomic E-state index is 0.0520. The number of para-hydroxylation sites is 1. The molecule has 4 aliphatic carbocycles. The molecule has 4 fully saturated rings. The molecular formula is C22H24N4O2S. The van der Waals surface area contributed by atoms with Crippen molar-refractivity contribution in [3.05, 3.63) is 30.5 Å². The van der Waals surface area contributed by atoms with Crippen molar-refractivity contribution in [2.24, 2.45) is 17.8 Å². The maximum Gasteiger partial charge on any atom is 0.277 e. The number of fused-ring (bicyclic) bond motifs is 1. The number of carbonyl (C=O) groups excluding carboxylic acids is 1. The molecule has 2 aromatic heterocycles. The van der Waals surface area contributed by atoms with E-state index in [2.05, 4.69) is 20.5 Å². The van der Waals surface area contributed by atoms with Gasteiger partial charge < -0.3 is 14.7 Å². The Bertz CT molecular complexity index is 1040. The standard InChI is InChI=1S/C22H24N4O2S/c27-19(24-22-8-13-5-14(9-22)7-15(6-13)10-22)12-29-21-26-25-20(28-21)17-11-23-18-4-2-1-3-16(17)18/h1-4,11,13-15,23H,5-10,12H2,(H,24,27). The molecule has 7 rings (SSSR count). The van der Waals surface area contributed by atoms with Crippen LogP contribution in [0, 0.1) is 17.8 Å². The van der Waals surface area contributed by atoms with Crippen LogP contribution in [-0.2, 0) is 4.79 Å². The molecule has 4 aliphatic rings. The highest BCUT2D eigenvalue weighted by Crippen LogP contribution is 2.55. The van der Waals surface area contributed by atoms with Gasteiger partial charge in [0.15, 0.2) is 0 Å². The number of H-pyrrole nitrogens is 1. The molecule has 0 radical (unpaired) electrons. The summed E-state index contributed by atoms with van der Waals surface area (Å²) < 4.78 is 5.82. The Hall–Kier alpha value is -2.28. The number of nitrogens with zero attached hydrogens (tertiary/aromatic N) is 2. The maximum absolute atomic E-state index is 12.7. The molecule has 150 valence electrons. The molecule has 29 heavy (non-hydrogen) atoms. The van der Waals surface area contributed by atoms with E-state index in [1.807, 2.05) is 30.5 Å². The van der Waals surface area contributed by atoms with Crippen LogP contribution < -0.4 is 5.32 Å². The number of hydrogen-bond donors (Lipinski definition) is 2. The van der Waals surface area contributed by atoms with E-state index in [1.54, 1.807) is 0 Å². The summed E-state index contributed by atoms with van der Waals surface area (Å²) in [5.74, 6) is 3.35. The van der Waals surface area contributed by atoms with E-state index in [-0.39, 0.29) is 11.4 Å². The molecule has 2 heterocycles. The van der Waals surface area contributed by atoms with E-state index in [9.17, 15) is 4.79 Å². The van der Waals surface area contributed by atoms with Crippen LogP contribution in [0.15, 0.2) is 40.1 Å². The number of hydrogen-bond acceptors (Lipinski definition) is 5. The summed E-state index contributed by atoms with van der Waals surface area (Å²) in [5.41, 5.74) is 1.97. The lowest BCUT2D eigenvalue weighted by molar-refractivity contribution is -0.124. The highest BCUT2D eigenvalue weighted by atomic mass is 32.2. The SMILES string of the molecule is O=C(CSc1nnc(-c2c[nH]c3ccccc23)o1)NC12CC3CC(CC(C3)C1)C2. The molecule has 1 aromatic carbocycles. The van der Waals surface area contributed by atoms with E-state index in [0.29, 0.717) is 16.9 Å². The molecule has 2 N–H and O–H groups in total. The Kier molecular flexibility index (Phi) is 4.01. The van der Waals surface area contributed by atoms with E-state index in [4.69, 9.17) is 4.42 Å². The topological polar surface area (TPSA) is 83.8 Å². The summed E-state index contributed by atoms with van der Waals surface area (Å²) in [7, 11) is 0. The summed E-state index contributed by atoms with van der Waals surface area (Å²) in [6.45, 7) is 0. The first-order valence-corrected chi connectivity index (χ1v) is 11.5. The number of amides is 1. The molecule has 7 heteroatoms.